The summed E-state index contributed by atoms with van der Waals surface area (Å²) in [5, 5.41) is 6.43. The third-order valence-corrected chi connectivity index (χ3v) is 4.48. The third-order valence-electron chi connectivity index (χ3n) is 3.40. The monoisotopic (exact) mass is 291 g/mol. The number of aromatic nitrogens is 2. The molecule has 108 valence electrons. The van der Waals surface area contributed by atoms with Crippen molar-refractivity contribution in [3.63, 3.8) is 0 Å². The molecule has 0 saturated carbocycles. The molecule has 0 atom stereocenters. The van der Waals surface area contributed by atoms with Crippen LogP contribution in [0.25, 0.3) is 0 Å². The van der Waals surface area contributed by atoms with Gasteiger partial charge in [-0.05, 0) is 44.8 Å². The molecule has 4 nitrogen and oxygen atoms in total. The maximum absolute atomic E-state index is 11.3. The second-order valence-electron chi connectivity index (χ2n) is 5.12. The van der Waals surface area contributed by atoms with Gasteiger partial charge in [-0.1, -0.05) is 0 Å². The van der Waals surface area contributed by atoms with Crippen LogP contribution in [0.1, 0.15) is 40.3 Å². The van der Waals surface area contributed by atoms with Gasteiger partial charge in [-0.15, -0.1) is 11.3 Å². The van der Waals surface area contributed by atoms with Crippen molar-refractivity contribution in [3.8, 4) is 0 Å². The summed E-state index contributed by atoms with van der Waals surface area (Å²) < 4.78 is 2.02. The van der Waals surface area contributed by atoms with E-state index in [-0.39, 0.29) is 5.78 Å². The Morgan fingerprint density at radius 2 is 2.20 bits per heavy atom. The van der Waals surface area contributed by atoms with Gasteiger partial charge >= 0.3 is 0 Å². The van der Waals surface area contributed by atoms with E-state index in [9.17, 15) is 4.79 Å². The number of rotatable bonds is 6. The topological polar surface area (TPSA) is 38.1 Å². The van der Waals surface area contributed by atoms with E-state index < -0.39 is 0 Å². The summed E-state index contributed by atoms with van der Waals surface area (Å²) in [6, 6.07) is 1.99. The van der Waals surface area contributed by atoms with Gasteiger partial charge in [0.25, 0.3) is 0 Å². The van der Waals surface area contributed by atoms with Crippen molar-refractivity contribution in [2.24, 2.45) is 0 Å². The van der Waals surface area contributed by atoms with Crippen LogP contribution in [0, 0.1) is 6.92 Å². The van der Waals surface area contributed by atoms with E-state index in [0.29, 0.717) is 0 Å². The van der Waals surface area contributed by atoms with Gasteiger partial charge in [0.2, 0.25) is 0 Å². The molecular formula is C15H21N3OS. The predicted molar refractivity (Wildman–Crippen MR) is 82.1 cm³/mol. The van der Waals surface area contributed by atoms with E-state index in [1.165, 1.54) is 28.2 Å². The molecule has 0 saturated heterocycles. The Labute approximate surface area is 124 Å². The summed E-state index contributed by atoms with van der Waals surface area (Å²) in [7, 11) is 2.09. The zero-order valence-electron chi connectivity index (χ0n) is 12.5. The molecule has 0 unspecified atom stereocenters. The molecule has 0 aliphatic heterocycles. The molecule has 0 spiro atoms. The average molecular weight is 291 g/mol. The number of thiophene rings is 1. The lowest BCUT2D eigenvalue weighted by atomic mass is 10.2. The first-order valence-electron chi connectivity index (χ1n) is 6.79. The van der Waals surface area contributed by atoms with Crippen molar-refractivity contribution >= 4 is 17.1 Å². The molecule has 0 amide bonds. The van der Waals surface area contributed by atoms with Gasteiger partial charge in [0, 0.05) is 30.9 Å². The quantitative estimate of drug-likeness (QED) is 0.768. The van der Waals surface area contributed by atoms with Crippen molar-refractivity contribution in [1.82, 2.24) is 14.7 Å². The fourth-order valence-electron chi connectivity index (χ4n) is 2.26. The van der Waals surface area contributed by atoms with E-state index in [4.69, 9.17) is 0 Å². The number of ketones is 1. The number of nitrogens with zero attached hydrogens (tertiary/aromatic N) is 3. The smallest absolute Gasteiger partial charge is 0.169 e. The predicted octanol–water partition coefficient (Wildman–Crippen LogP) is 3.11. The zero-order valence-corrected chi connectivity index (χ0v) is 13.3. The molecule has 5 heteroatoms. The number of carbonyl (C=O) groups is 1. The van der Waals surface area contributed by atoms with Crippen molar-refractivity contribution < 1.29 is 4.79 Å². The van der Waals surface area contributed by atoms with Crippen LogP contribution >= 0.6 is 11.3 Å². The highest BCUT2D eigenvalue weighted by Gasteiger charge is 2.10. The van der Waals surface area contributed by atoms with Gasteiger partial charge in [0.15, 0.2) is 5.78 Å². The van der Waals surface area contributed by atoms with Crippen LogP contribution in [0.5, 0.6) is 0 Å². The number of hydrogen-bond donors (Lipinski definition) is 0. The first kappa shape index (κ1) is 14.9. The zero-order chi connectivity index (χ0) is 14.7. The molecule has 0 aromatic carbocycles. The Hall–Kier alpha value is -1.46. The minimum absolute atomic E-state index is 0.143. The minimum Gasteiger partial charge on any atom is -0.298 e. The van der Waals surface area contributed by atoms with Crippen LogP contribution in [0.3, 0.4) is 0 Å². The molecular weight excluding hydrogens is 270 g/mol. The van der Waals surface area contributed by atoms with Crippen LogP contribution in [-0.4, -0.2) is 27.5 Å². The fourth-order valence-corrected chi connectivity index (χ4v) is 3.07. The van der Waals surface area contributed by atoms with E-state index >= 15 is 0 Å². The Balaban J connectivity index is 1.99. The molecule has 0 aliphatic carbocycles. The van der Waals surface area contributed by atoms with Gasteiger partial charge in [-0.3, -0.25) is 14.4 Å². The molecule has 20 heavy (non-hydrogen) atoms. The van der Waals surface area contributed by atoms with Crippen LogP contribution in [-0.2, 0) is 19.6 Å². The lowest BCUT2D eigenvalue weighted by molar-refractivity contribution is 0.102. The first-order valence-corrected chi connectivity index (χ1v) is 7.67. The Kier molecular flexibility index (Phi) is 4.73. The highest BCUT2D eigenvalue weighted by Crippen LogP contribution is 2.18. The lowest BCUT2D eigenvalue weighted by Crippen LogP contribution is -2.17. The van der Waals surface area contributed by atoms with Gasteiger partial charge < -0.3 is 0 Å². The largest absolute Gasteiger partial charge is 0.298 e. The van der Waals surface area contributed by atoms with Gasteiger partial charge in [0.1, 0.15) is 0 Å². The Morgan fingerprint density at radius 3 is 2.75 bits per heavy atom. The standard InChI is InChI=1S/C15H21N3OS/c1-5-18-11(2)14(7-16-18)9-17(4)8-13-6-15(12(3)19)20-10-13/h6-7,10H,5,8-9H2,1-4H3. The first-order chi connectivity index (χ1) is 9.51. The molecule has 0 fully saturated rings. The van der Waals surface area contributed by atoms with Crippen LogP contribution in [0.15, 0.2) is 17.6 Å². The molecule has 0 aliphatic rings. The number of aryl methyl sites for hydroxylation is 1. The van der Waals surface area contributed by atoms with Gasteiger partial charge in [0.05, 0.1) is 11.1 Å². The van der Waals surface area contributed by atoms with E-state index in [1.54, 1.807) is 6.92 Å². The summed E-state index contributed by atoms with van der Waals surface area (Å²) in [6.07, 6.45) is 1.95. The highest BCUT2D eigenvalue weighted by atomic mass is 32.1. The Bertz CT molecular complexity index is 600. The van der Waals surface area contributed by atoms with Crippen molar-refractivity contribution in [2.75, 3.05) is 7.05 Å². The van der Waals surface area contributed by atoms with Gasteiger partial charge in [-0.25, -0.2) is 0 Å². The number of Topliss-reactive ketones (excluding diaryl/α,β-unsaturated/α-hetero) is 1. The van der Waals surface area contributed by atoms with E-state index in [2.05, 4.69) is 36.3 Å². The lowest BCUT2D eigenvalue weighted by Gasteiger charge is -2.15. The molecule has 0 bridgehead atoms. The fraction of sp³-hybridized carbons (Fsp3) is 0.467. The molecule has 2 rings (SSSR count). The minimum atomic E-state index is 0.143. The van der Waals surface area contributed by atoms with Crippen molar-refractivity contribution in [2.45, 2.75) is 40.4 Å². The second-order valence-corrected chi connectivity index (χ2v) is 6.03. The molecule has 2 heterocycles. The van der Waals surface area contributed by atoms with E-state index in [1.807, 2.05) is 16.9 Å². The number of hydrogen-bond acceptors (Lipinski definition) is 4. The molecule has 0 N–H and O–H groups in total. The Morgan fingerprint density at radius 1 is 1.45 bits per heavy atom. The summed E-state index contributed by atoms with van der Waals surface area (Å²) in [4.78, 5) is 14.4. The SMILES string of the molecule is CCn1ncc(CN(C)Cc2csc(C(C)=O)c2)c1C. The second kappa shape index (κ2) is 6.33. The maximum Gasteiger partial charge on any atom is 0.169 e. The summed E-state index contributed by atoms with van der Waals surface area (Å²) in [5.41, 5.74) is 3.69. The van der Waals surface area contributed by atoms with E-state index in [0.717, 1.165) is 24.5 Å². The summed E-state index contributed by atoms with van der Waals surface area (Å²) in [6.45, 7) is 8.45. The molecule has 0 radical (unpaired) electrons. The van der Waals surface area contributed by atoms with Crippen molar-refractivity contribution in [3.05, 3.63) is 39.3 Å². The van der Waals surface area contributed by atoms with Crippen LogP contribution in [0.4, 0.5) is 0 Å². The number of carbonyl (C=O) groups excluding carboxylic acids is 1. The average Bonchev–Trinajstić information content (AvgIpc) is 2.98. The molecule has 2 aromatic heterocycles. The van der Waals surface area contributed by atoms with Crippen LogP contribution < -0.4 is 0 Å². The van der Waals surface area contributed by atoms with Gasteiger partial charge in [-0.2, -0.15) is 5.10 Å². The third kappa shape index (κ3) is 3.35. The van der Waals surface area contributed by atoms with Crippen LogP contribution in [0.2, 0.25) is 0 Å². The maximum atomic E-state index is 11.3. The highest BCUT2D eigenvalue weighted by molar-refractivity contribution is 7.12. The normalized spacial score (nSPS) is 11.2. The summed E-state index contributed by atoms with van der Waals surface area (Å²) in [5.74, 6) is 0.143. The molecule has 2 aromatic rings. The summed E-state index contributed by atoms with van der Waals surface area (Å²) >= 11 is 1.52. The van der Waals surface area contributed by atoms with Crippen molar-refractivity contribution in [1.29, 1.82) is 0 Å².